The molecule has 2 unspecified atom stereocenters. The third kappa shape index (κ3) is 6.81. The second-order valence-electron chi connectivity index (χ2n) is 7.29. The summed E-state index contributed by atoms with van der Waals surface area (Å²) in [4.78, 5) is 14.3. The van der Waals surface area contributed by atoms with Crippen molar-refractivity contribution in [3.63, 3.8) is 0 Å². The van der Waals surface area contributed by atoms with Gasteiger partial charge in [0.1, 0.15) is 0 Å². The smallest absolute Gasteiger partial charge is 0.370 e. The van der Waals surface area contributed by atoms with Crippen LogP contribution >= 0.6 is 0 Å². The van der Waals surface area contributed by atoms with Crippen LogP contribution in [0.25, 0.3) is 6.08 Å². The maximum absolute atomic E-state index is 12.2. The maximum Gasteiger partial charge on any atom is 0.432 e. The van der Waals surface area contributed by atoms with Gasteiger partial charge in [-0.15, -0.1) is 0 Å². The first-order valence-electron chi connectivity index (χ1n) is 9.51. The summed E-state index contributed by atoms with van der Waals surface area (Å²) in [5.41, 5.74) is 1.41. The molecule has 0 saturated carbocycles. The summed E-state index contributed by atoms with van der Waals surface area (Å²) in [6.07, 6.45) is 6.62. The number of aromatic nitrogens is 2. The molecule has 1 aromatic heterocycles. The minimum Gasteiger partial charge on any atom is -0.370 e. The van der Waals surface area contributed by atoms with Crippen molar-refractivity contribution in [3.8, 4) is 0 Å². The van der Waals surface area contributed by atoms with E-state index in [1.54, 1.807) is 11.8 Å². The molecule has 0 radical (unpaired) electrons. The second-order valence-corrected chi connectivity index (χ2v) is 7.29. The quantitative estimate of drug-likeness (QED) is 0.614. The second kappa shape index (κ2) is 10.8. The van der Waals surface area contributed by atoms with Crippen LogP contribution in [-0.2, 0) is 11.3 Å². The monoisotopic (exact) mass is 374 g/mol. The Hall–Kier alpha value is -2.18. The van der Waals surface area contributed by atoms with Gasteiger partial charge in [-0.2, -0.15) is 0 Å². The van der Waals surface area contributed by atoms with E-state index < -0.39 is 0 Å². The van der Waals surface area contributed by atoms with Crippen molar-refractivity contribution in [2.24, 2.45) is 5.92 Å². The number of nitrogens with zero attached hydrogens (tertiary/aromatic N) is 2. The molecule has 2 rings (SSSR count). The number of aromatic amines is 1. The maximum atomic E-state index is 12.2. The van der Waals surface area contributed by atoms with Crippen molar-refractivity contribution >= 4 is 6.08 Å². The topological polar surface area (TPSA) is 62.4 Å². The van der Waals surface area contributed by atoms with Gasteiger partial charge < -0.3 is 9.64 Å². The van der Waals surface area contributed by atoms with Crippen molar-refractivity contribution in [2.45, 2.75) is 38.8 Å². The molecule has 0 aliphatic carbocycles. The van der Waals surface area contributed by atoms with Crippen LogP contribution < -0.4 is 10.3 Å². The number of nitrogens with one attached hydrogen (secondary N) is 1. The molecule has 0 fully saturated rings. The molecular weight excluding hydrogens is 342 g/mol. The third-order valence-electron chi connectivity index (χ3n) is 4.59. The number of hydrogen-bond acceptors (Lipinski definition) is 4. The summed E-state index contributed by atoms with van der Waals surface area (Å²) in [5.74, 6) is 0.374. The Bertz CT molecular complexity index is 750. The molecule has 0 amide bonds. The summed E-state index contributed by atoms with van der Waals surface area (Å²) >= 11 is 0. The average Bonchev–Trinajstić information content (AvgIpc) is 3.01. The van der Waals surface area contributed by atoms with Crippen molar-refractivity contribution in [1.82, 2.24) is 10.2 Å². The van der Waals surface area contributed by atoms with Gasteiger partial charge in [0.05, 0.1) is 0 Å². The van der Waals surface area contributed by atoms with Crippen LogP contribution in [0.2, 0.25) is 0 Å². The Morgan fingerprint density at radius 1 is 1.30 bits per heavy atom. The Morgan fingerprint density at radius 3 is 2.70 bits per heavy atom. The van der Waals surface area contributed by atoms with Crippen LogP contribution in [0, 0.1) is 5.92 Å². The van der Waals surface area contributed by atoms with Gasteiger partial charge in [0.2, 0.25) is 0 Å². The number of allylic oxidation sites excluding steroid dienone is 1. The van der Waals surface area contributed by atoms with Crippen molar-refractivity contribution in [3.05, 3.63) is 58.1 Å². The molecule has 1 aromatic carbocycles. The van der Waals surface area contributed by atoms with Gasteiger partial charge in [0.25, 0.3) is 0 Å². The summed E-state index contributed by atoms with van der Waals surface area (Å²) in [5, 5.41) is 2.72. The molecule has 1 N–H and O–H groups in total. The Labute approximate surface area is 161 Å². The van der Waals surface area contributed by atoms with Crippen LogP contribution in [-0.4, -0.2) is 37.9 Å². The van der Waals surface area contributed by atoms with E-state index in [4.69, 9.17) is 9.26 Å². The predicted octanol–water partition coefficient (Wildman–Crippen LogP) is 3.02. The first-order valence-corrected chi connectivity index (χ1v) is 9.51. The molecule has 0 spiro atoms. The molecule has 2 atom stereocenters. The molecule has 0 saturated heterocycles. The zero-order valence-corrected chi connectivity index (χ0v) is 16.9. The number of methoxy groups -OCH3 is 1. The van der Waals surface area contributed by atoms with E-state index in [9.17, 15) is 4.79 Å². The van der Waals surface area contributed by atoms with Crippen LogP contribution in [0.15, 0.2) is 45.7 Å². The van der Waals surface area contributed by atoms with E-state index in [0.29, 0.717) is 18.2 Å². The standard InChI is InChI=1S/C21H31N3O3/c1-17(10-8-13-18-11-6-5-7-12-18)16-19(26-4)20-21(25)27-22-24(20)15-9-14-23(2)3/h5-8,11-13,17,19H,9-10,14-16H2,1-4H3/p+1/b13-8+. The Morgan fingerprint density at radius 2 is 2.04 bits per heavy atom. The van der Waals surface area contributed by atoms with Gasteiger partial charge in [-0.25, -0.2) is 4.79 Å². The summed E-state index contributed by atoms with van der Waals surface area (Å²) < 4.78 is 12.5. The first kappa shape index (κ1) is 21.1. The fourth-order valence-corrected chi connectivity index (χ4v) is 3.11. The highest BCUT2D eigenvalue weighted by Gasteiger charge is 2.31. The van der Waals surface area contributed by atoms with E-state index in [1.165, 1.54) is 5.56 Å². The third-order valence-corrected chi connectivity index (χ3v) is 4.59. The average molecular weight is 375 g/mol. The van der Waals surface area contributed by atoms with Gasteiger partial charge in [-0.3, -0.25) is 4.52 Å². The summed E-state index contributed by atoms with van der Waals surface area (Å²) in [7, 11) is 5.71. The largest absolute Gasteiger partial charge is 0.432 e. The number of H-pyrrole nitrogens is 1. The lowest BCUT2D eigenvalue weighted by Crippen LogP contribution is -2.44. The zero-order chi connectivity index (χ0) is 19.6. The normalized spacial score (nSPS) is 14.1. The number of rotatable bonds is 11. The molecule has 1 heterocycles. The number of hydrogen-bond donors (Lipinski definition) is 1. The van der Waals surface area contributed by atoms with Crippen LogP contribution in [0.4, 0.5) is 0 Å². The van der Waals surface area contributed by atoms with E-state index >= 15 is 0 Å². The van der Waals surface area contributed by atoms with E-state index in [2.05, 4.69) is 41.4 Å². The lowest BCUT2D eigenvalue weighted by Gasteiger charge is -2.15. The molecule has 27 heavy (non-hydrogen) atoms. The summed E-state index contributed by atoms with van der Waals surface area (Å²) in [6.45, 7) is 3.81. The number of benzene rings is 1. The highest BCUT2D eigenvalue weighted by Crippen LogP contribution is 2.23. The lowest BCUT2D eigenvalue weighted by atomic mass is 9.97. The highest BCUT2D eigenvalue weighted by atomic mass is 16.5. The van der Waals surface area contributed by atoms with Crippen LogP contribution in [0.1, 0.15) is 43.5 Å². The van der Waals surface area contributed by atoms with Gasteiger partial charge in [0.15, 0.2) is 12.6 Å². The fraction of sp³-hybridized carbons (Fsp3) is 0.524. The molecular formula is C21H32N3O3+. The molecule has 6 nitrogen and oxygen atoms in total. The fourth-order valence-electron chi connectivity index (χ4n) is 3.11. The minimum absolute atomic E-state index is 0.285. The molecule has 6 heteroatoms. The number of ether oxygens (including phenoxy) is 1. The Balaban J connectivity index is 1.96. The zero-order valence-electron chi connectivity index (χ0n) is 16.9. The lowest BCUT2D eigenvalue weighted by molar-refractivity contribution is -0.771. The van der Waals surface area contributed by atoms with E-state index in [1.807, 2.05) is 32.3 Å². The first-order chi connectivity index (χ1) is 13.0. The highest BCUT2D eigenvalue weighted by molar-refractivity contribution is 5.48. The molecule has 0 bridgehead atoms. The molecule has 0 aliphatic rings. The van der Waals surface area contributed by atoms with Crippen molar-refractivity contribution in [1.29, 1.82) is 0 Å². The molecule has 148 valence electrons. The SMILES string of the molecule is COC(CC(C)C/C=C/c1ccccc1)c1c(=O)o[nH][n+]1CCCN(C)C. The van der Waals surface area contributed by atoms with Gasteiger partial charge >= 0.3 is 11.3 Å². The minimum atomic E-state index is -0.348. The van der Waals surface area contributed by atoms with Crippen LogP contribution in [0.3, 0.4) is 0 Å². The van der Waals surface area contributed by atoms with Crippen molar-refractivity contribution < 1.29 is 13.9 Å². The van der Waals surface area contributed by atoms with Gasteiger partial charge in [0, 0.05) is 20.1 Å². The molecule has 2 aromatic rings. The van der Waals surface area contributed by atoms with Gasteiger partial charge in [-0.1, -0.05) is 54.1 Å². The summed E-state index contributed by atoms with van der Waals surface area (Å²) in [6, 6.07) is 10.2. The predicted molar refractivity (Wildman–Crippen MR) is 106 cm³/mol. The van der Waals surface area contributed by atoms with Crippen molar-refractivity contribution in [2.75, 3.05) is 27.7 Å². The molecule has 0 aliphatic heterocycles. The number of aryl methyl sites for hydroxylation is 1. The van der Waals surface area contributed by atoms with Crippen LogP contribution in [0.5, 0.6) is 0 Å². The van der Waals surface area contributed by atoms with E-state index in [-0.39, 0.29) is 11.7 Å². The Kier molecular flexibility index (Phi) is 8.48. The van der Waals surface area contributed by atoms with Gasteiger partial charge in [-0.05, 0) is 43.7 Å². The van der Waals surface area contributed by atoms with E-state index in [0.717, 1.165) is 25.8 Å².